The molecule has 1 atom stereocenters. The molecule has 1 aliphatic heterocycles. The average molecular weight is 368 g/mol. The molecule has 1 fully saturated rings. The second kappa shape index (κ2) is 6.76. The monoisotopic (exact) mass is 367 g/mol. The minimum Gasteiger partial charge on any atom is -0.328 e. The van der Waals surface area contributed by atoms with Crippen LogP contribution in [0.15, 0.2) is 48.5 Å². The number of carbonyl (C=O) groups is 1. The van der Waals surface area contributed by atoms with Crippen LogP contribution in [0.25, 0.3) is 11.0 Å². The van der Waals surface area contributed by atoms with E-state index in [-0.39, 0.29) is 18.0 Å². The summed E-state index contributed by atoms with van der Waals surface area (Å²) < 4.78 is 2.27. The SMILES string of the molecule is CC(C)n1c(C2CCCN2C(=O)c2cccc(Cl)c2)nc2ccccc21. The van der Waals surface area contributed by atoms with Gasteiger partial charge in [-0.15, -0.1) is 0 Å². The van der Waals surface area contributed by atoms with Crippen molar-refractivity contribution in [3.63, 3.8) is 0 Å². The molecule has 4 rings (SSSR count). The van der Waals surface area contributed by atoms with E-state index < -0.39 is 0 Å². The fourth-order valence-corrected chi connectivity index (χ4v) is 4.10. The molecule has 0 spiro atoms. The van der Waals surface area contributed by atoms with Crippen molar-refractivity contribution in [2.75, 3.05) is 6.54 Å². The molecule has 1 amide bonds. The molecular weight excluding hydrogens is 346 g/mol. The van der Waals surface area contributed by atoms with E-state index in [0.717, 1.165) is 36.2 Å². The summed E-state index contributed by atoms with van der Waals surface area (Å²) in [7, 11) is 0. The van der Waals surface area contributed by atoms with E-state index in [0.29, 0.717) is 10.6 Å². The number of rotatable bonds is 3. The largest absolute Gasteiger partial charge is 0.328 e. The summed E-state index contributed by atoms with van der Waals surface area (Å²) in [6.45, 7) is 5.07. The van der Waals surface area contributed by atoms with Crippen molar-refractivity contribution in [3.8, 4) is 0 Å². The Bertz CT molecular complexity index is 963. The Morgan fingerprint density at radius 3 is 2.77 bits per heavy atom. The molecule has 5 heteroatoms. The number of hydrogen-bond donors (Lipinski definition) is 0. The van der Waals surface area contributed by atoms with Crippen LogP contribution in [0.3, 0.4) is 0 Å². The summed E-state index contributed by atoms with van der Waals surface area (Å²) in [5.41, 5.74) is 2.74. The zero-order valence-electron chi connectivity index (χ0n) is 15.0. The van der Waals surface area contributed by atoms with E-state index in [1.807, 2.05) is 35.2 Å². The van der Waals surface area contributed by atoms with Gasteiger partial charge in [-0.1, -0.05) is 29.8 Å². The Morgan fingerprint density at radius 1 is 1.19 bits per heavy atom. The first-order valence-electron chi connectivity index (χ1n) is 9.09. The molecule has 0 N–H and O–H groups in total. The number of amides is 1. The number of para-hydroxylation sites is 2. The van der Waals surface area contributed by atoms with Gasteiger partial charge in [0.05, 0.1) is 17.1 Å². The highest BCUT2D eigenvalue weighted by Gasteiger charge is 2.34. The summed E-state index contributed by atoms with van der Waals surface area (Å²) >= 11 is 6.08. The van der Waals surface area contributed by atoms with E-state index in [9.17, 15) is 4.79 Å². The highest BCUT2D eigenvalue weighted by atomic mass is 35.5. The molecule has 26 heavy (non-hydrogen) atoms. The van der Waals surface area contributed by atoms with E-state index in [2.05, 4.69) is 24.5 Å². The Balaban J connectivity index is 1.76. The standard InChI is InChI=1S/C21H22ClN3O/c1-14(2)25-18-10-4-3-9-17(18)23-20(25)19-11-6-12-24(19)21(26)15-7-5-8-16(22)13-15/h3-5,7-10,13-14,19H,6,11-12H2,1-2H3. The topological polar surface area (TPSA) is 38.1 Å². The van der Waals surface area contributed by atoms with Gasteiger partial charge in [-0.2, -0.15) is 0 Å². The zero-order valence-corrected chi connectivity index (χ0v) is 15.8. The molecule has 1 saturated heterocycles. The fraction of sp³-hybridized carbons (Fsp3) is 0.333. The predicted molar refractivity (Wildman–Crippen MR) is 105 cm³/mol. The molecule has 2 heterocycles. The summed E-state index contributed by atoms with van der Waals surface area (Å²) in [5.74, 6) is 1.01. The molecule has 0 bridgehead atoms. The molecule has 1 aromatic heterocycles. The zero-order chi connectivity index (χ0) is 18.3. The molecule has 2 aromatic carbocycles. The normalized spacial score (nSPS) is 17.4. The third-order valence-electron chi connectivity index (χ3n) is 5.02. The number of halogens is 1. The number of imidazole rings is 1. The maximum absolute atomic E-state index is 13.1. The van der Waals surface area contributed by atoms with Gasteiger partial charge in [-0.3, -0.25) is 4.79 Å². The number of nitrogens with zero attached hydrogens (tertiary/aromatic N) is 3. The maximum Gasteiger partial charge on any atom is 0.254 e. The van der Waals surface area contributed by atoms with Crippen LogP contribution in [-0.2, 0) is 0 Å². The van der Waals surface area contributed by atoms with Gasteiger partial charge in [0.25, 0.3) is 5.91 Å². The van der Waals surface area contributed by atoms with Crippen molar-refractivity contribution in [1.29, 1.82) is 0 Å². The predicted octanol–water partition coefficient (Wildman–Crippen LogP) is 5.25. The highest BCUT2D eigenvalue weighted by Crippen LogP contribution is 2.36. The van der Waals surface area contributed by atoms with Gasteiger partial charge in [-0.05, 0) is 57.0 Å². The first-order chi connectivity index (χ1) is 12.6. The molecule has 0 saturated carbocycles. The van der Waals surface area contributed by atoms with Crippen LogP contribution in [0.1, 0.15) is 55.0 Å². The lowest BCUT2D eigenvalue weighted by Crippen LogP contribution is -2.32. The minimum atomic E-state index is -0.00344. The Labute approximate surface area is 158 Å². The average Bonchev–Trinajstić information content (AvgIpc) is 3.25. The van der Waals surface area contributed by atoms with Crippen molar-refractivity contribution in [2.24, 2.45) is 0 Å². The highest BCUT2D eigenvalue weighted by molar-refractivity contribution is 6.30. The van der Waals surface area contributed by atoms with Gasteiger partial charge in [0.15, 0.2) is 0 Å². The molecule has 4 nitrogen and oxygen atoms in total. The van der Waals surface area contributed by atoms with E-state index >= 15 is 0 Å². The van der Waals surface area contributed by atoms with Gasteiger partial charge < -0.3 is 9.47 Å². The minimum absolute atomic E-state index is 0.00344. The van der Waals surface area contributed by atoms with Crippen LogP contribution in [0, 0.1) is 0 Å². The van der Waals surface area contributed by atoms with E-state index in [1.165, 1.54) is 0 Å². The Hall–Kier alpha value is -2.33. The van der Waals surface area contributed by atoms with Gasteiger partial charge in [0.2, 0.25) is 0 Å². The smallest absolute Gasteiger partial charge is 0.254 e. The lowest BCUT2D eigenvalue weighted by molar-refractivity contribution is 0.0727. The van der Waals surface area contributed by atoms with Crippen LogP contribution in [0.5, 0.6) is 0 Å². The number of likely N-dealkylation sites (tertiary alicyclic amines) is 1. The fourth-order valence-electron chi connectivity index (χ4n) is 3.91. The van der Waals surface area contributed by atoms with Gasteiger partial charge in [-0.25, -0.2) is 4.98 Å². The van der Waals surface area contributed by atoms with Crippen molar-refractivity contribution in [2.45, 2.75) is 38.8 Å². The maximum atomic E-state index is 13.1. The molecule has 3 aromatic rings. The summed E-state index contributed by atoms with van der Waals surface area (Å²) in [6, 6.07) is 15.6. The first kappa shape index (κ1) is 17.1. The van der Waals surface area contributed by atoms with Crippen molar-refractivity contribution >= 4 is 28.5 Å². The first-order valence-corrected chi connectivity index (χ1v) is 9.47. The lowest BCUT2D eigenvalue weighted by atomic mass is 10.1. The Kier molecular flexibility index (Phi) is 4.45. The van der Waals surface area contributed by atoms with Crippen LogP contribution >= 0.6 is 11.6 Å². The van der Waals surface area contributed by atoms with E-state index in [1.54, 1.807) is 12.1 Å². The van der Waals surface area contributed by atoms with Crippen molar-refractivity contribution in [1.82, 2.24) is 14.5 Å². The second-order valence-corrected chi connectivity index (χ2v) is 7.53. The second-order valence-electron chi connectivity index (χ2n) is 7.09. The lowest BCUT2D eigenvalue weighted by Gasteiger charge is -2.26. The molecule has 1 aliphatic rings. The molecule has 1 unspecified atom stereocenters. The molecule has 0 aliphatic carbocycles. The van der Waals surface area contributed by atoms with Crippen LogP contribution < -0.4 is 0 Å². The van der Waals surface area contributed by atoms with Crippen LogP contribution in [-0.4, -0.2) is 26.9 Å². The van der Waals surface area contributed by atoms with Crippen LogP contribution in [0.2, 0.25) is 5.02 Å². The summed E-state index contributed by atoms with van der Waals surface area (Å²) in [4.78, 5) is 20.0. The van der Waals surface area contributed by atoms with E-state index in [4.69, 9.17) is 16.6 Å². The number of benzene rings is 2. The Morgan fingerprint density at radius 2 is 2.00 bits per heavy atom. The molecular formula is C21H22ClN3O. The number of carbonyl (C=O) groups excluding carboxylic acids is 1. The van der Waals surface area contributed by atoms with Crippen LogP contribution in [0.4, 0.5) is 0 Å². The van der Waals surface area contributed by atoms with Gasteiger partial charge >= 0.3 is 0 Å². The molecule has 134 valence electrons. The third-order valence-corrected chi connectivity index (χ3v) is 5.26. The van der Waals surface area contributed by atoms with Gasteiger partial charge in [0.1, 0.15) is 5.82 Å². The molecule has 0 radical (unpaired) electrons. The third kappa shape index (κ3) is 2.88. The van der Waals surface area contributed by atoms with Crippen molar-refractivity contribution in [3.05, 3.63) is 64.9 Å². The number of fused-ring (bicyclic) bond motifs is 1. The summed E-state index contributed by atoms with van der Waals surface area (Å²) in [6.07, 6.45) is 1.92. The van der Waals surface area contributed by atoms with Crippen molar-refractivity contribution < 1.29 is 4.79 Å². The number of aromatic nitrogens is 2. The summed E-state index contributed by atoms with van der Waals surface area (Å²) in [5, 5.41) is 0.584. The number of hydrogen-bond acceptors (Lipinski definition) is 2. The quantitative estimate of drug-likeness (QED) is 0.634. The van der Waals surface area contributed by atoms with Gasteiger partial charge in [0, 0.05) is 23.2 Å².